The van der Waals surface area contributed by atoms with Gasteiger partial charge >= 0.3 is 5.63 Å². The molecule has 1 amide bonds. The van der Waals surface area contributed by atoms with E-state index in [1.54, 1.807) is 24.3 Å². The Labute approximate surface area is 165 Å². The molecular weight excluding hydrogens is 378 g/mol. The Morgan fingerprint density at radius 3 is 2.63 bits per heavy atom. The molecule has 0 N–H and O–H groups in total. The Hall–Kier alpha value is -2.70. The number of carbonyl (C=O) groups excluding carboxylic acids is 1. The number of nitrogens with zero attached hydrogens (tertiary/aromatic N) is 1. The highest BCUT2D eigenvalue weighted by molar-refractivity contribution is 8.27. The van der Waals surface area contributed by atoms with Gasteiger partial charge in [-0.2, -0.15) is 0 Å². The monoisotopic (exact) mass is 393 g/mol. The van der Waals surface area contributed by atoms with Gasteiger partial charge in [0.05, 0.1) is 16.2 Å². The van der Waals surface area contributed by atoms with E-state index in [0.29, 0.717) is 20.4 Å². The summed E-state index contributed by atoms with van der Waals surface area (Å²) in [7, 11) is 0. The number of anilines is 1. The van der Waals surface area contributed by atoms with Crippen molar-refractivity contribution < 1.29 is 9.21 Å². The number of thioether (sulfide) groups is 1. The summed E-state index contributed by atoms with van der Waals surface area (Å²) in [4.78, 5) is 27.1. The van der Waals surface area contributed by atoms with Crippen molar-refractivity contribution in [2.45, 2.75) is 13.8 Å². The van der Waals surface area contributed by atoms with Crippen LogP contribution in [0.1, 0.15) is 16.7 Å². The zero-order valence-electron chi connectivity index (χ0n) is 14.7. The fraction of sp³-hybridized carbons (Fsp3) is 0.0952. The van der Waals surface area contributed by atoms with Crippen molar-refractivity contribution in [3.63, 3.8) is 0 Å². The zero-order chi connectivity index (χ0) is 19.1. The summed E-state index contributed by atoms with van der Waals surface area (Å²) < 4.78 is 5.79. The first-order valence-corrected chi connectivity index (χ1v) is 9.54. The minimum Gasteiger partial charge on any atom is -0.422 e. The van der Waals surface area contributed by atoms with Gasteiger partial charge in [-0.25, -0.2) is 4.79 Å². The number of rotatable bonds is 2. The highest BCUT2D eigenvalue weighted by Crippen LogP contribution is 2.37. The number of amides is 1. The first-order valence-electron chi connectivity index (χ1n) is 8.32. The molecule has 4 nitrogen and oxygen atoms in total. The average Bonchev–Trinajstić information content (AvgIpc) is 2.90. The van der Waals surface area contributed by atoms with Crippen molar-refractivity contribution in [3.8, 4) is 0 Å². The molecule has 1 aliphatic heterocycles. The maximum Gasteiger partial charge on any atom is 0.343 e. The molecular formula is C21H15NO3S2. The van der Waals surface area contributed by atoms with Gasteiger partial charge in [0.1, 0.15) is 5.58 Å². The van der Waals surface area contributed by atoms with Gasteiger partial charge in [0, 0.05) is 5.39 Å². The number of fused-ring (bicyclic) bond motifs is 1. The summed E-state index contributed by atoms with van der Waals surface area (Å²) in [6, 6.07) is 14.8. The van der Waals surface area contributed by atoms with Crippen LogP contribution in [0.5, 0.6) is 0 Å². The number of hydrogen-bond donors (Lipinski definition) is 0. The summed E-state index contributed by atoms with van der Waals surface area (Å²) in [5.41, 5.74) is 3.21. The van der Waals surface area contributed by atoms with Crippen molar-refractivity contribution in [1.29, 1.82) is 0 Å². The average molecular weight is 393 g/mol. The van der Waals surface area contributed by atoms with Crippen LogP contribution in [0.15, 0.2) is 62.6 Å². The summed E-state index contributed by atoms with van der Waals surface area (Å²) >= 11 is 6.61. The molecule has 0 atom stereocenters. The molecule has 1 saturated heterocycles. The summed E-state index contributed by atoms with van der Waals surface area (Å²) in [6.45, 7) is 3.95. The Kier molecular flexibility index (Phi) is 4.45. The molecule has 1 aromatic heterocycles. The Bertz CT molecular complexity index is 1190. The fourth-order valence-electron chi connectivity index (χ4n) is 3.05. The molecule has 6 heteroatoms. The van der Waals surface area contributed by atoms with Gasteiger partial charge in [-0.05, 0) is 43.7 Å². The number of aryl methyl sites for hydroxylation is 2. The molecule has 0 saturated carbocycles. The van der Waals surface area contributed by atoms with Gasteiger partial charge in [0.25, 0.3) is 5.91 Å². The van der Waals surface area contributed by atoms with Crippen LogP contribution >= 0.6 is 24.0 Å². The van der Waals surface area contributed by atoms with Crippen molar-refractivity contribution in [1.82, 2.24) is 0 Å². The first kappa shape index (κ1) is 17.7. The predicted octanol–water partition coefficient (Wildman–Crippen LogP) is 4.82. The summed E-state index contributed by atoms with van der Waals surface area (Å²) in [5, 5.41) is 0.799. The van der Waals surface area contributed by atoms with Crippen molar-refractivity contribution in [2.24, 2.45) is 0 Å². The smallest absolute Gasteiger partial charge is 0.343 e. The van der Waals surface area contributed by atoms with E-state index in [9.17, 15) is 9.59 Å². The third kappa shape index (κ3) is 3.22. The van der Waals surface area contributed by atoms with Crippen LogP contribution in [0.25, 0.3) is 17.0 Å². The molecule has 1 aliphatic rings. The van der Waals surface area contributed by atoms with Crippen LogP contribution in [-0.4, -0.2) is 10.2 Å². The molecule has 0 bridgehead atoms. The lowest BCUT2D eigenvalue weighted by Gasteiger charge is -2.17. The van der Waals surface area contributed by atoms with Gasteiger partial charge in [-0.3, -0.25) is 9.69 Å². The van der Waals surface area contributed by atoms with Crippen LogP contribution in [0.4, 0.5) is 5.69 Å². The van der Waals surface area contributed by atoms with Crippen LogP contribution in [0, 0.1) is 13.8 Å². The zero-order valence-corrected chi connectivity index (χ0v) is 16.3. The van der Waals surface area contributed by atoms with Crippen molar-refractivity contribution in [2.75, 3.05) is 4.90 Å². The van der Waals surface area contributed by atoms with E-state index in [2.05, 4.69) is 0 Å². The van der Waals surface area contributed by atoms with Gasteiger partial charge in [-0.1, -0.05) is 59.9 Å². The van der Waals surface area contributed by atoms with E-state index in [0.717, 1.165) is 22.2 Å². The van der Waals surface area contributed by atoms with E-state index >= 15 is 0 Å². The van der Waals surface area contributed by atoms with Crippen molar-refractivity contribution >= 4 is 56.9 Å². The van der Waals surface area contributed by atoms with E-state index in [-0.39, 0.29) is 5.91 Å². The maximum absolute atomic E-state index is 12.9. The summed E-state index contributed by atoms with van der Waals surface area (Å²) in [6.07, 6.45) is 1.56. The van der Waals surface area contributed by atoms with E-state index in [1.807, 2.05) is 44.2 Å². The molecule has 134 valence electrons. The molecule has 2 heterocycles. The third-order valence-electron chi connectivity index (χ3n) is 4.34. The minimum atomic E-state index is -0.481. The SMILES string of the molecule is Cc1ccc(N2C(=O)/C(=C/c3cc4ccccc4oc3=O)SC2=S)c(C)c1. The number of carbonyl (C=O) groups is 1. The second-order valence-electron chi connectivity index (χ2n) is 6.33. The quantitative estimate of drug-likeness (QED) is 0.355. The van der Waals surface area contributed by atoms with Gasteiger partial charge in [-0.15, -0.1) is 0 Å². The Morgan fingerprint density at radius 2 is 1.85 bits per heavy atom. The first-order chi connectivity index (χ1) is 12.9. The number of benzene rings is 2. The molecule has 1 fully saturated rings. The Balaban J connectivity index is 1.75. The largest absolute Gasteiger partial charge is 0.422 e. The van der Waals surface area contributed by atoms with Gasteiger partial charge in [0.2, 0.25) is 0 Å². The van der Waals surface area contributed by atoms with Crippen molar-refractivity contribution in [3.05, 3.63) is 80.5 Å². The molecule has 3 aromatic rings. The normalized spacial score (nSPS) is 15.9. The number of hydrogen-bond acceptors (Lipinski definition) is 5. The molecule has 0 radical (unpaired) electrons. The number of thiocarbonyl (C=S) groups is 1. The van der Waals surface area contributed by atoms with E-state index < -0.39 is 5.63 Å². The van der Waals surface area contributed by atoms with Gasteiger partial charge in [0.15, 0.2) is 4.32 Å². The molecule has 0 spiro atoms. The number of para-hydroxylation sites is 1. The predicted molar refractivity (Wildman–Crippen MR) is 114 cm³/mol. The summed E-state index contributed by atoms with van der Waals surface area (Å²) in [5.74, 6) is -0.232. The lowest BCUT2D eigenvalue weighted by Crippen LogP contribution is -2.28. The molecule has 27 heavy (non-hydrogen) atoms. The molecule has 0 unspecified atom stereocenters. The highest BCUT2D eigenvalue weighted by Gasteiger charge is 2.34. The van der Waals surface area contributed by atoms with Gasteiger partial charge < -0.3 is 4.42 Å². The Morgan fingerprint density at radius 1 is 1.07 bits per heavy atom. The molecule has 2 aromatic carbocycles. The molecule has 0 aliphatic carbocycles. The fourth-order valence-corrected chi connectivity index (χ4v) is 4.33. The second-order valence-corrected chi connectivity index (χ2v) is 8.01. The third-order valence-corrected chi connectivity index (χ3v) is 5.64. The topological polar surface area (TPSA) is 50.5 Å². The van der Waals surface area contributed by atoms with Crippen LogP contribution in [0.3, 0.4) is 0 Å². The molecule has 4 rings (SSSR count). The van der Waals surface area contributed by atoms with E-state index in [1.165, 1.54) is 16.7 Å². The minimum absolute atomic E-state index is 0.232. The van der Waals surface area contributed by atoms with E-state index in [4.69, 9.17) is 16.6 Å². The standard InChI is InChI=1S/C21H15NO3S2/c1-12-7-8-16(13(2)9-12)22-19(23)18(27-21(22)26)11-15-10-14-5-3-4-6-17(14)25-20(15)24/h3-11H,1-2H3/b18-11-. The van der Waals surface area contributed by atoms with Crippen LogP contribution < -0.4 is 10.5 Å². The second kappa shape index (κ2) is 6.79. The van der Waals surface area contributed by atoms with Crippen LogP contribution in [0.2, 0.25) is 0 Å². The van der Waals surface area contributed by atoms with Crippen LogP contribution in [-0.2, 0) is 4.79 Å². The maximum atomic E-state index is 12.9. The highest BCUT2D eigenvalue weighted by atomic mass is 32.2. The lowest BCUT2D eigenvalue weighted by molar-refractivity contribution is -0.113. The lowest BCUT2D eigenvalue weighted by atomic mass is 10.1.